The van der Waals surface area contributed by atoms with Crippen LogP contribution in [0.1, 0.15) is 60.4 Å². The second kappa shape index (κ2) is 17.1. The number of carbonyl (C=O) groups is 1. The summed E-state index contributed by atoms with van der Waals surface area (Å²) in [4.78, 5) is 41.5. The Hall–Kier alpha value is -6.86. The summed E-state index contributed by atoms with van der Waals surface area (Å²) in [7, 11) is 0. The number of halogens is 2. The van der Waals surface area contributed by atoms with Crippen molar-refractivity contribution in [2.45, 2.75) is 45.5 Å². The number of aromatic amines is 2. The SMILES string of the molecule is CC(Cn1ccc(-c2ccc(C#N)c(Cl)c2)n1)NC(=O)c1cc(C(C)O)[nH]n1.CC(Nc1ncnc2nc[nH]c12)c1cc2cccc(Cl)c2c(=O)n1-c1ccccc1. The van der Waals surface area contributed by atoms with E-state index >= 15 is 0 Å². The summed E-state index contributed by atoms with van der Waals surface area (Å²) in [6.45, 7) is 5.90. The van der Waals surface area contributed by atoms with Crippen molar-refractivity contribution in [1.29, 1.82) is 5.26 Å². The lowest BCUT2D eigenvalue weighted by molar-refractivity contribution is 0.0931. The van der Waals surface area contributed by atoms with Crippen LogP contribution in [0.5, 0.6) is 0 Å². The molecule has 1 amide bonds. The topological polar surface area (TPSA) is 208 Å². The highest BCUT2D eigenvalue weighted by molar-refractivity contribution is 6.35. The van der Waals surface area contributed by atoms with Gasteiger partial charge in [0.15, 0.2) is 11.5 Å². The molecule has 292 valence electrons. The van der Waals surface area contributed by atoms with Crippen LogP contribution in [-0.2, 0) is 6.54 Å². The molecule has 5 N–H and O–H groups in total. The Morgan fingerprint density at radius 2 is 1.78 bits per heavy atom. The van der Waals surface area contributed by atoms with Crippen molar-refractivity contribution in [3.8, 4) is 23.0 Å². The van der Waals surface area contributed by atoms with Crippen molar-refractivity contribution in [1.82, 2.24) is 49.8 Å². The average molecular weight is 816 g/mol. The largest absolute Gasteiger partial charge is 0.387 e. The molecule has 5 aromatic heterocycles. The average Bonchev–Trinajstić information content (AvgIpc) is 4.01. The minimum absolute atomic E-state index is 0.165. The number of amides is 1. The molecule has 0 radical (unpaired) electrons. The summed E-state index contributed by atoms with van der Waals surface area (Å²) in [6, 6.07) is 27.1. The summed E-state index contributed by atoms with van der Waals surface area (Å²) in [5.74, 6) is 0.283. The first-order chi connectivity index (χ1) is 28.0. The Bertz CT molecular complexity index is 2840. The molecule has 58 heavy (non-hydrogen) atoms. The summed E-state index contributed by atoms with van der Waals surface area (Å²) < 4.78 is 3.41. The van der Waals surface area contributed by atoms with E-state index in [9.17, 15) is 14.7 Å². The van der Waals surface area contributed by atoms with Gasteiger partial charge in [0.2, 0.25) is 0 Å². The van der Waals surface area contributed by atoms with Crippen LogP contribution in [0.15, 0.2) is 109 Å². The first kappa shape index (κ1) is 39.4. The predicted octanol–water partition coefficient (Wildman–Crippen LogP) is 7.15. The molecule has 0 fully saturated rings. The van der Waals surface area contributed by atoms with Gasteiger partial charge in [-0.15, -0.1) is 0 Å². The molecular formula is C41H36Cl2N12O3. The minimum Gasteiger partial charge on any atom is -0.387 e. The lowest BCUT2D eigenvalue weighted by Gasteiger charge is -2.21. The number of nitrogens with one attached hydrogen (secondary N) is 4. The standard InChI is InChI=1S/C22H17ClN6O.C19H19ClN6O2/c1-13(28-21-19-20(25-11-24-19)26-12-27-21)17-10-14-6-5-9-16(23)18(14)22(30)29(17)15-7-3-2-4-8-15;1-11(22-19(28)18-8-17(12(2)27)23-24-18)10-26-6-5-16(25-26)13-3-4-14(9-21)15(20)7-13/h2-13H,1H3,(H2,24,25,26,27,28);3-8,11-12,27H,10H2,1-2H3,(H,22,28)(H,23,24). The van der Waals surface area contributed by atoms with Gasteiger partial charge in [-0.2, -0.15) is 15.5 Å². The van der Waals surface area contributed by atoms with Gasteiger partial charge in [0.05, 0.1) is 57.4 Å². The number of hydrogen-bond donors (Lipinski definition) is 5. The number of aromatic nitrogens is 9. The van der Waals surface area contributed by atoms with Crippen LogP contribution in [0.2, 0.25) is 10.0 Å². The maximum Gasteiger partial charge on any atom is 0.272 e. The van der Waals surface area contributed by atoms with Crippen molar-refractivity contribution in [2.24, 2.45) is 0 Å². The number of imidazole rings is 1. The molecule has 0 aliphatic carbocycles. The number of anilines is 1. The van der Waals surface area contributed by atoms with Crippen molar-refractivity contribution >= 4 is 56.9 Å². The fourth-order valence-corrected chi connectivity index (χ4v) is 6.81. The van der Waals surface area contributed by atoms with Crippen LogP contribution in [0.4, 0.5) is 5.82 Å². The number of rotatable bonds is 10. The first-order valence-electron chi connectivity index (χ1n) is 18.1. The number of hydrogen-bond acceptors (Lipinski definition) is 10. The van der Waals surface area contributed by atoms with Crippen LogP contribution < -0.4 is 16.2 Å². The van der Waals surface area contributed by atoms with Gasteiger partial charge in [-0.05, 0) is 74.7 Å². The van der Waals surface area contributed by atoms with Gasteiger partial charge in [0.1, 0.15) is 23.6 Å². The molecule has 8 aromatic rings. The summed E-state index contributed by atoms with van der Waals surface area (Å²) >= 11 is 12.5. The molecular weight excluding hydrogens is 779 g/mol. The fraction of sp³-hybridized carbons (Fsp3) is 0.171. The van der Waals surface area contributed by atoms with Crippen LogP contribution in [0.25, 0.3) is 38.9 Å². The van der Waals surface area contributed by atoms with Crippen molar-refractivity contribution in [3.63, 3.8) is 0 Å². The lowest BCUT2D eigenvalue weighted by Crippen LogP contribution is -2.36. The predicted molar refractivity (Wildman–Crippen MR) is 222 cm³/mol. The molecule has 5 heterocycles. The molecule has 3 unspecified atom stereocenters. The van der Waals surface area contributed by atoms with Gasteiger partial charge < -0.3 is 20.7 Å². The Morgan fingerprint density at radius 3 is 2.52 bits per heavy atom. The second-order valence-corrected chi connectivity index (χ2v) is 14.2. The monoisotopic (exact) mass is 814 g/mol. The lowest BCUT2D eigenvalue weighted by atomic mass is 10.1. The van der Waals surface area contributed by atoms with E-state index in [-0.39, 0.29) is 29.2 Å². The number of pyridine rings is 1. The number of aliphatic hydroxyl groups is 1. The summed E-state index contributed by atoms with van der Waals surface area (Å²) in [5.41, 5.74) is 5.31. The number of nitriles is 1. The molecule has 0 aliphatic rings. The van der Waals surface area contributed by atoms with Gasteiger partial charge in [-0.25, -0.2) is 15.0 Å². The van der Waals surface area contributed by atoms with Gasteiger partial charge in [0, 0.05) is 29.2 Å². The van der Waals surface area contributed by atoms with E-state index in [1.54, 1.807) is 46.8 Å². The van der Waals surface area contributed by atoms with E-state index in [1.807, 2.05) is 80.7 Å². The second-order valence-electron chi connectivity index (χ2n) is 13.4. The maximum absolute atomic E-state index is 13.5. The molecule has 17 heteroatoms. The smallest absolute Gasteiger partial charge is 0.272 e. The minimum atomic E-state index is -0.718. The molecule has 8 rings (SSSR count). The first-order valence-corrected chi connectivity index (χ1v) is 18.8. The molecule has 0 saturated heterocycles. The highest BCUT2D eigenvalue weighted by Gasteiger charge is 2.20. The van der Waals surface area contributed by atoms with E-state index in [2.05, 4.69) is 45.9 Å². The molecule has 3 atom stereocenters. The van der Waals surface area contributed by atoms with E-state index in [4.69, 9.17) is 28.5 Å². The van der Waals surface area contributed by atoms with Crippen LogP contribution >= 0.6 is 23.2 Å². The summed E-state index contributed by atoms with van der Waals surface area (Å²) in [5, 5.41) is 37.8. The van der Waals surface area contributed by atoms with Gasteiger partial charge in [-0.1, -0.05) is 59.6 Å². The molecule has 0 bridgehead atoms. The third-order valence-electron chi connectivity index (χ3n) is 9.20. The Labute approximate surface area is 341 Å². The molecule has 0 spiro atoms. The number of para-hydroxylation sites is 1. The number of benzene rings is 3. The zero-order valence-corrected chi connectivity index (χ0v) is 32.9. The zero-order valence-electron chi connectivity index (χ0n) is 31.4. The highest BCUT2D eigenvalue weighted by atomic mass is 35.5. The summed E-state index contributed by atoms with van der Waals surface area (Å²) in [6.07, 6.45) is 4.13. The quantitative estimate of drug-likeness (QED) is 0.0942. The van der Waals surface area contributed by atoms with E-state index in [0.717, 1.165) is 28.0 Å². The third kappa shape index (κ3) is 8.44. The third-order valence-corrected chi connectivity index (χ3v) is 9.83. The number of aliphatic hydroxyl groups excluding tert-OH is 1. The fourth-order valence-electron chi connectivity index (χ4n) is 6.33. The van der Waals surface area contributed by atoms with Crippen molar-refractivity contribution < 1.29 is 9.90 Å². The van der Waals surface area contributed by atoms with Crippen LogP contribution in [0, 0.1) is 11.3 Å². The number of nitrogens with zero attached hydrogens (tertiary/aromatic N) is 8. The normalized spacial score (nSPS) is 12.6. The van der Waals surface area contributed by atoms with E-state index in [1.165, 1.54) is 12.4 Å². The number of H-pyrrole nitrogens is 2. The zero-order chi connectivity index (χ0) is 40.9. The Morgan fingerprint density at radius 1 is 0.966 bits per heavy atom. The molecule has 0 aliphatic heterocycles. The Kier molecular flexibility index (Phi) is 11.6. The highest BCUT2D eigenvalue weighted by Crippen LogP contribution is 2.28. The molecule has 0 saturated carbocycles. The van der Waals surface area contributed by atoms with Crippen LogP contribution in [-0.4, -0.2) is 61.5 Å². The molecule has 15 nitrogen and oxygen atoms in total. The van der Waals surface area contributed by atoms with Gasteiger partial charge >= 0.3 is 0 Å². The van der Waals surface area contributed by atoms with E-state index < -0.39 is 6.10 Å². The number of carbonyl (C=O) groups excluding carboxylic acids is 1. The van der Waals surface area contributed by atoms with E-state index in [0.29, 0.717) is 50.2 Å². The van der Waals surface area contributed by atoms with Gasteiger partial charge in [0.25, 0.3) is 11.5 Å². The maximum atomic E-state index is 13.5. The molecule has 3 aromatic carbocycles. The van der Waals surface area contributed by atoms with Crippen molar-refractivity contribution in [3.05, 3.63) is 147 Å². The van der Waals surface area contributed by atoms with Crippen LogP contribution in [0.3, 0.4) is 0 Å². The van der Waals surface area contributed by atoms with Gasteiger partial charge in [-0.3, -0.25) is 23.9 Å². The Balaban J connectivity index is 0.000000177. The van der Waals surface area contributed by atoms with Crippen molar-refractivity contribution in [2.75, 3.05) is 5.32 Å². The number of fused-ring (bicyclic) bond motifs is 2.